The number of rotatable bonds is 6. The molecule has 2 N–H and O–H groups in total. The Labute approximate surface area is 181 Å². The second kappa shape index (κ2) is 7.41. The Balaban J connectivity index is 1.49. The highest BCUT2D eigenvalue weighted by atomic mass is 31.1. The lowest BCUT2D eigenvalue weighted by atomic mass is 9.90. The standard InChI is InChI=1S/C21H24N3O6P/c1-20(2,21(3)10-31-21)23-15(26)9-30-13-6-4-5-11-16(13)19(29)24(18(11)28)12-7-8-14(25)22-17(12)27/h4-6,12,31H,7-10H2,1-3H3,(H,23,26)(H,22,25,27). The molecule has 164 valence electrons. The quantitative estimate of drug-likeness (QED) is 0.494. The number of amides is 5. The summed E-state index contributed by atoms with van der Waals surface area (Å²) in [4.78, 5) is 62.8. The highest BCUT2D eigenvalue weighted by Crippen LogP contribution is 2.57. The van der Waals surface area contributed by atoms with Gasteiger partial charge in [-0.25, -0.2) is 0 Å². The minimum Gasteiger partial charge on any atom is -0.483 e. The van der Waals surface area contributed by atoms with E-state index in [-0.39, 0.29) is 52.9 Å². The van der Waals surface area contributed by atoms with Crippen LogP contribution in [0.2, 0.25) is 0 Å². The molecule has 0 aromatic heterocycles. The fraction of sp³-hybridized carbons (Fsp3) is 0.476. The number of benzene rings is 1. The van der Waals surface area contributed by atoms with Crippen LogP contribution in [0.25, 0.3) is 0 Å². The summed E-state index contributed by atoms with van der Waals surface area (Å²) in [6, 6.07) is 3.50. The number of nitrogens with zero attached hydrogens (tertiary/aromatic N) is 1. The van der Waals surface area contributed by atoms with E-state index >= 15 is 0 Å². The van der Waals surface area contributed by atoms with Crippen molar-refractivity contribution in [2.45, 2.75) is 50.3 Å². The first-order valence-corrected chi connectivity index (χ1v) is 11.3. The van der Waals surface area contributed by atoms with Gasteiger partial charge in [-0.3, -0.25) is 34.2 Å². The third-order valence-corrected chi connectivity index (χ3v) is 8.37. The van der Waals surface area contributed by atoms with Gasteiger partial charge in [-0.2, -0.15) is 0 Å². The van der Waals surface area contributed by atoms with Crippen LogP contribution in [-0.2, 0) is 14.4 Å². The lowest BCUT2D eigenvalue weighted by Gasteiger charge is -2.32. The molecule has 0 saturated carbocycles. The molecule has 1 aromatic rings. The second-order valence-electron chi connectivity index (χ2n) is 8.77. The van der Waals surface area contributed by atoms with E-state index in [1.165, 1.54) is 12.1 Å². The molecule has 0 radical (unpaired) electrons. The molecule has 3 aliphatic rings. The van der Waals surface area contributed by atoms with Gasteiger partial charge in [0, 0.05) is 17.1 Å². The van der Waals surface area contributed by atoms with E-state index in [0.717, 1.165) is 19.6 Å². The maximum absolute atomic E-state index is 13.0. The lowest BCUT2D eigenvalue weighted by Crippen LogP contribution is -2.54. The van der Waals surface area contributed by atoms with Crippen molar-refractivity contribution in [2.75, 3.05) is 12.8 Å². The molecule has 10 heteroatoms. The second-order valence-corrected chi connectivity index (χ2v) is 10.6. The van der Waals surface area contributed by atoms with Gasteiger partial charge < -0.3 is 10.1 Å². The van der Waals surface area contributed by atoms with Gasteiger partial charge in [0.2, 0.25) is 11.8 Å². The largest absolute Gasteiger partial charge is 0.483 e. The maximum atomic E-state index is 13.0. The van der Waals surface area contributed by atoms with Crippen LogP contribution in [0, 0.1) is 0 Å². The molecular formula is C21H24N3O6P. The summed E-state index contributed by atoms with van der Waals surface area (Å²) in [6.07, 6.45) is 1.19. The molecule has 31 heavy (non-hydrogen) atoms. The molecule has 3 aliphatic heterocycles. The van der Waals surface area contributed by atoms with Crippen molar-refractivity contribution in [1.29, 1.82) is 0 Å². The van der Waals surface area contributed by atoms with Crippen molar-refractivity contribution in [1.82, 2.24) is 15.5 Å². The summed E-state index contributed by atoms with van der Waals surface area (Å²) in [6.45, 7) is 5.78. The number of ether oxygens (including phenoxy) is 1. The number of fused-ring (bicyclic) bond motifs is 1. The van der Waals surface area contributed by atoms with Crippen molar-refractivity contribution in [3.8, 4) is 5.75 Å². The van der Waals surface area contributed by atoms with Crippen LogP contribution in [0.5, 0.6) is 5.75 Å². The summed E-state index contributed by atoms with van der Waals surface area (Å²) >= 11 is 0. The topological polar surface area (TPSA) is 122 Å². The predicted molar refractivity (Wildman–Crippen MR) is 112 cm³/mol. The summed E-state index contributed by atoms with van der Waals surface area (Å²) in [5.74, 6) is -2.61. The van der Waals surface area contributed by atoms with E-state index in [0.29, 0.717) is 0 Å². The average Bonchev–Trinajstić information content (AvgIpc) is 3.41. The maximum Gasteiger partial charge on any atom is 0.266 e. The van der Waals surface area contributed by atoms with Crippen molar-refractivity contribution >= 4 is 38.1 Å². The van der Waals surface area contributed by atoms with Crippen LogP contribution >= 0.6 is 8.58 Å². The van der Waals surface area contributed by atoms with Gasteiger partial charge in [0.15, 0.2) is 6.61 Å². The molecule has 0 bridgehead atoms. The van der Waals surface area contributed by atoms with Crippen molar-refractivity contribution in [2.24, 2.45) is 0 Å². The minimum atomic E-state index is -1.05. The summed E-state index contributed by atoms with van der Waals surface area (Å²) in [5, 5.41) is 5.23. The average molecular weight is 445 g/mol. The number of hydrogen-bond acceptors (Lipinski definition) is 6. The van der Waals surface area contributed by atoms with Crippen LogP contribution < -0.4 is 15.4 Å². The predicted octanol–water partition coefficient (Wildman–Crippen LogP) is 0.812. The van der Waals surface area contributed by atoms with Crippen LogP contribution in [-0.4, -0.2) is 63.9 Å². The Morgan fingerprint density at radius 2 is 2.00 bits per heavy atom. The fourth-order valence-electron chi connectivity index (χ4n) is 3.84. The van der Waals surface area contributed by atoms with Gasteiger partial charge >= 0.3 is 0 Å². The van der Waals surface area contributed by atoms with Crippen molar-refractivity contribution < 1.29 is 28.7 Å². The molecule has 4 rings (SSSR count). The van der Waals surface area contributed by atoms with E-state index in [2.05, 4.69) is 17.6 Å². The first-order chi connectivity index (χ1) is 14.5. The molecule has 9 nitrogen and oxygen atoms in total. The normalized spacial score (nSPS) is 26.0. The van der Waals surface area contributed by atoms with E-state index < -0.39 is 29.7 Å². The zero-order valence-corrected chi connectivity index (χ0v) is 18.5. The van der Waals surface area contributed by atoms with E-state index in [4.69, 9.17) is 4.74 Å². The number of carbonyl (C=O) groups excluding carboxylic acids is 5. The summed E-state index contributed by atoms with van der Waals surface area (Å²) in [5.41, 5.74) is -0.238. The third kappa shape index (κ3) is 3.71. The Morgan fingerprint density at radius 1 is 1.29 bits per heavy atom. The first-order valence-electron chi connectivity index (χ1n) is 10.1. The van der Waals surface area contributed by atoms with Crippen LogP contribution in [0.4, 0.5) is 0 Å². The van der Waals surface area contributed by atoms with Crippen LogP contribution in [0.1, 0.15) is 54.3 Å². The molecule has 3 atom stereocenters. The molecular weight excluding hydrogens is 421 g/mol. The molecule has 2 saturated heterocycles. The molecule has 3 heterocycles. The van der Waals surface area contributed by atoms with Crippen molar-refractivity contribution in [3.63, 3.8) is 0 Å². The van der Waals surface area contributed by atoms with Gasteiger partial charge in [0.1, 0.15) is 11.8 Å². The number of hydrogen-bond donors (Lipinski definition) is 2. The Hall–Kier alpha value is -2.80. The van der Waals surface area contributed by atoms with Crippen LogP contribution in [0.3, 0.4) is 0 Å². The van der Waals surface area contributed by atoms with Gasteiger partial charge in [0.25, 0.3) is 17.7 Å². The van der Waals surface area contributed by atoms with Gasteiger partial charge in [-0.15, -0.1) is 8.58 Å². The number of nitrogens with one attached hydrogen (secondary N) is 2. The SMILES string of the molecule is CC(C)(NC(=O)COc1cccc2c1C(=O)N(C1CCC(=O)NC1=O)C2=O)C1(C)CP1. The third-order valence-electron chi connectivity index (χ3n) is 6.33. The molecule has 3 unspecified atom stereocenters. The summed E-state index contributed by atoms with van der Waals surface area (Å²) < 4.78 is 5.62. The van der Waals surface area contributed by atoms with Crippen molar-refractivity contribution in [3.05, 3.63) is 29.3 Å². The van der Waals surface area contributed by atoms with Gasteiger partial charge in [-0.05, 0) is 38.6 Å². The molecule has 1 aromatic carbocycles. The minimum absolute atomic E-state index is 0.0277. The molecule has 0 aliphatic carbocycles. The molecule has 0 spiro atoms. The Morgan fingerprint density at radius 3 is 2.65 bits per heavy atom. The smallest absolute Gasteiger partial charge is 0.266 e. The number of carbonyl (C=O) groups is 5. The zero-order chi connectivity index (χ0) is 22.6. The van der Waals surface area contributed by atoms with Gasteiger partial charge in [0.05, 0.1) is 11.1 Å². The first kappa shape index (κ1) is 21.4. The lowest BCUT2D eigenvalue weighted by molar-refractivity contribution is -0.136. The zero-order valence-electron chi connectivity index (χ0n) is 17.5. The highest BCUT2D eigenvalue weighted by Gasteiger charge is 2.51. The van der Waals surface area contributed by atoms with E-state index in [9.17, 15) is 24.0 Å². The van der Waals surface area contributed by atoms with E-state index in [1.54, 1.807) is 6.07 Å². The Kier molecular flexibility index (Phi) is 5.12. The van der Waals surface area contributed by atoms with Crippen LogP contribution in [0.15, 0.2) is 18.2 Å². The highest BCUT2D eigenvalue weighted by molar-refractivity contribution is 7.49. The number of imide groups is 2. The fourth-order valence-corrected chi connectivity index (χ4v) is 5.06. The molecule has 5 amide bonds. The van der Waals surface area contributed by atoms with Gasteiger partial charge in [-0.1, -0.05) is 13.0 Å². The molecule has 2 fully saturated rings. The number of piperidine rings is 1. The summed E-state index contributed by atoms with van der Waals surface area (Å²) in [7, 11) is 0.800. The van der Waals surface area contributed by atoms with E-state index in [1.807, 2.05) is 13.8 Å². The Bertz CT molecular complexity index is 1020. The monoisotopic (exact) mass is 445 g/mol.